The summed E-state index contributed by atoms with van der Waals surface area (Å²) in [4.78, 5) is 21.2. The lowest BCUT2D eigenvalue weighted by molar-refractivity contribution is -0.121. The molecule has 0 saturated carbocycles. The fraction of sp³-hybridized carbons (Fsp3) is 0.111. The van der Waals surface area contributed by atoms with Gasteiger partial charge in [-0.3, -0.25) is 10.1 Å². The molecule has 1 aromatic rings. The van der Waals surface area contributed by atoms with E-state index in [1.165, 1.54) is 0 Å². The molecule has 6 nitrogen and oxygen atoms in total. The molecule has 1 rings (SSSR count). The Hall–Kier alpha value is -2.24. The minimum Gasteiger partial charge on any atom is -0.484 e. The molecule has 0 spiro atoms. The zero-order valence-corrected chi connectivity index (χ0v) is 7.90. The molecule has 15 heavy (non-hydrogen) atoms. The monoisotopic (exact) mass is 209 g/mol. The summed E-state index contributed by atoms with van der Waals surface area (Å²) in [6, 6.07) is 5.69. The van der Waals surface area contributed by atoms with Crippen LogP contribution in [-0.4, -0.2) is 18.5 Å². The van der Waals surface area contributed by atoms with Crippen LogP contribution in [0.2, 0.25) is 0 Å². The van der Waals surface area contributed by atoms with Gasteiger partial charge in [-0.15, -0.1) is 0 Å². The van der Waals surface area contributed by atoms with Gasteiger partial charge in [0.15, 0.2) is 6.61 Å². The summed E-state index contributed by atoms with van der Waals surface area (Å²) in [7, 11) is 0. The fourth-order valence-electron chi connectivity index (χ4n) is 0.927. The number of primary amides is 1. The number of carbonyl (C=O) groups is 2. The Morgan fingerprint density at radius 1 is 1.40 bits per heavy atom. The molecule has 5 N–H and O–H groups in total. The molecule has 1 aromatic carbocycles. The molecule has 80 valence electrons. The summed E-state index contributed by atoms with van der Waals surface area (Å²) in [5, 5.41) is 1.87. The van der Waals surface area contributed by atoms with Crippen molar-refractivity contribution in [2.45, 2.75) is 0 Å². The summed E-state index contributed by atoms with van der Waals surface area (Å²) in [6.07, 6.45) is 0. The predicted octanol–water partition coefficient (Wildman–Crippen LogP) is -0.158. The van der Waals surface area contributed by atoms with Crippen molar-refractivity contribution in [1.29, 1.82) is 0 Å². The van der Waals surface area contributed by atoms with Gasteiger partial charge in [0, 0.05) is 11.8 Å². The van der Waals surface area contributed by atoms with Crippen LogP contribution in [0, 0.1) is 0 Å². The number of nitrogens with one attached hydrogen (secondary N) is 1. The number of amides is 3. The first-order valence-electron chi connectivity index (χ1n) is 4.15. The minimum absolute atomic E-state index is 0.285. The summed E-state index contributed by atoms with van der Waals surface area (Å²) in [5.74, 6) is -0.153. The molecule has 0 radical (unpaired) electrons. The topological polar surface area (TPSA) is 107 Å². The van der Waals surface area contributed by atoms with E-state index in [-0.39, 0.29) is 6.61 Å². The highest BCUT2D eigenvalue weighted by Crippen LogP contribution is 2.13. The van der Waals surface area contributed by atoms with Gasteiger partial charge in [0.05, 0.1) is 0 Å². The molecule has 0 heterocycles. The summed E-state index contributed by atoms with van der Waals surface area (Å²) >= 11 is 0. The number of imide groups is 1. The first-order valence-corrected chi connectivity index (χ1v) is 4.15. The molecule has 0 bridgehead atoms. The summed E-state index contributed by atoms with van der Waals surface area (Å²) in [6.45, 7) is -0.285. The molecule has 0 unspecified atom stereocenters. The predicted molar refractivity (Wildman–Crippen MR) is 54.1 cm³/mol. The van der Waals surface area contributed by atoms with Gasteiger partial charge < -0.3 is 16.2 Å². The Balaban J connectivity index is 2.43. The second-order valence-electron chi connectivity index (χ2n) is 2.77. The van der Waals surface area contributed by atoms with Crippen LogP contribution >= 0.6 is 0 Å². The largest absolute Gasteiger partial charge is 0.484 e. The minimum atomic E-state index is -0.906. The van der Waals surface area contributed by atoms with Crippen LogP contribution in [0.15, 0.2) is 24.3 Å². The highest BCUT2D eigenvalue weighted by Gasteiger charge is 2.04. The average molecular weight is 209 g/mol. The van der Waals surface area contributed by atoms with E-state index in [1.54, 1.807) is 24.3 Å². The van der Waals surface area contributed by atoms with Gasteiger partial charge in [0.1, 0.15) is 5.75 Å². The average Bonchev–Trinajstić information content (AvgIpc) is 2.14. The Kier molecular flexibility index (Phi) is 3.50. The van der Waals surface area contributed by atoms with Crippen LogP contribution in [-0.2, 0) is 4.79 Å². The molecule has 6 heteroatoms. The number of ether oxygens (including phenoxy) is 1. The molecule has 0 saturated heterocycles. The summed E-state index contributed by atoms with van der Waals surface area (Å²) < 4.78 is 5.05. The van der Waals surface area contributed by atoms with Crippen molar-refractivity contribution in [2.24, 2.45) is 5.73 Å². The van der Waals surface area contributed by atoms with Crippen molar-refractivity contribution in [1.82, 2.24) is 5.32 Å². The number of urea groups is 1. The SMILES string of the molecule is NC(=O)NC(=O)COc1cccc(N)c1. The number of hydrogen-bond donors (Lipinski definition) is 3. The van der Waals surface area contributed by atoms with E-state index < -0.39 is 11.9 Å². The lowest BCUT2D eigenvalue weighted by Crippen LogP contribution is -2.38. The number of carbonyl (C=O) groups excluding carboxylic acids is 2. The zero-order chi connectivity index (χ0) is 11.3. The van der Waals surface area contributed by atoms with Crippen LogP contribution in [0.4, 0.5) is 10.5 Å². The Morgan fingerprint density at radius 3 is 2.73 bits per heavy atom. The van der Waals surface area contributed by atoms with Crippen molar-refractivity contribution in [3.05, 3.63) is 24.3 Å². The number of anilines is 1. The second-order valence-corrected chi connectivity index (χ2v) is 2.77. The van der Waals surface area contributed by atoms with Gasteiger partial charge in [-0.1, -0.05) is 6.07 Å². The smallest absolute Gasteiger partial charge is 0.318 e. The second kappa shape index (κ2) is 4.85. The quantitative estimate of drug-likeness (QED) is 0.601. The van der Waals surface area contributed by atoms with Gasteiger partial charge in [-0.2, -0.15) is 0 Å². The van der Waals surface area contributed by atoms with Gasteiger partial charge in [-0.25, -0.2) is 4.79 Å². The molecule has 0 aliphatic heterocycles. The number of nitrogens with two attached hydrogens (primary N) is 2. The number of rotatable bonds is 3. The molecular formula is C9H11N3O3. The molecule has 3 amide bonds. The van der Waals surface area contributed by atoms with Crippen LogP contribution in [0.5, 0.6) is 5.75 Å². The number of nitrogen functional groups attached to an aromatic ring is 1. The molecule has 0 aliphatic rings. The molecule has 0 aliphatic carbocycles. The Labute approximate surface area is 86.2 Å². The van der Waals surface area contributed by atoms with Crippen molar-refractivity contribution >= 4 is 17.6 Å². The van der Waals surface area contributed by atoms with E-state index in [1.807, 2.05) is 5.32 Å². The van der Waals surface area contributed by atoms with E-state index in [2.05, 4.69) is 0 Å². The Bertz CT molecular complexity index is 379. The van der Waals surface area contributed by atoms with Gasteiger partial charge in [0.25, 0.3) is 5.91 Å². The standard InChI is InChI=1S/C9H11N3O3/c10-6-2-1-3-7(4-6)15-5-8(13)12-9(11)14/h1-4H,5,10H2,(H3,11,12,13,14). The summed E-state index contributed by atoms with van der Waals surface area (Å²) in [5.41, 5.74) is 10.8. The zero-order valence-electron chi connectivity index (χ0n) is 7.90. The molecule has 0 fully saturated rings. The van der Waals surface area contributed by atoms with Crippen LogP contribution in [0.1, 0.15) is 0 Å². The van der Waals surface area contributed by atoms with Crippen LogP contribution in [0.25, 0.3) is 0 Å². The van der Waals surface area contributed by atoms with Crippen molar-refractivity contribution in [3.8, 4) is 5.75 Å². The molecular weight excluding hydrogens is 198 g/mol. The lowest BCUT2D eigenvalue weighted by Gasteiger charge is -2.05. The Morgan fingerprint density at radius 2 is 2.13 bits per heavy atom. The number of hydrogen-bond acceptors (Lipinski definition) is 4. The van der Waals surface area contributed by atoms with E-state index in [0.29, 0.717) is 11.4 Å². The third-order valence-corrected chi connectivity index (χ3v) is 1.49. The van der Waals surface area contributed by atoms with E-state index in [9.17, 15) is 9.59 Å². The number of benzene rings is 1. The van der Waals surface area contributed by atoms with Crippen molar-refractivity contribution < 1.29 is 14.3 Å². The van der Waals surface area contributed by atoms with E-state index in [4.69, 9.17) is 16.2 Å². The maximum Gasteiger partial charge on any atom is 0.318 e. The third kappa shape index (κ3) is 3.99. The van der Waals surface area contributed by atoms with Crippen LogP contribution in [0.3, 0.4) is 0 Å². The van der Waals surface area contributed by atoms with E-state index in [0.717, 1.165) is 0 Å². The van der Waals surface area contributed by atoms with Gasteiger partial charge in [-0.05, 0) is 12.1 Å². The first-order chi connectivity index (χ1) is 7.08. The third-order valence-electron chi connectivity index (χ3n) is 1.49. The van der Waals surface area contributed by atoms with Gasteiger partial charge in [0.2, 0.25) is 0 Å². The normalized spacial score (nSPS) is 9.33. The lowest BCUT2D eigenvalue weighted by atomic mass is 10.3. The highest BCUT2D eigenvalue weighted by molar-refractivity contribution is 5.94. The van der Waals surface area contributed by atoms with Gasteiger partial charge >= 0.3 is 6.03 Å². The van der Waals surface area contributed by atoms with Crippen molar-refractivity contribution in [3.63, 3.8) is 0 Å². The first kappa shape index (κ1) is 10.8. The van der Waals surface area contributed by atoms with Crippen LogP contribution < -0.4 is 21.5 Å². The highest BCUT2D eigenvalue weighted by atomic mass is 16.5. The fourth-order valence-corrected chi connectivity index (χ4v) is 0.927. The maximum atomic E-state index is 10.9. The maximum absolute atomic E-state index is 10.9. The van der Waals surface area contributed by atoms with E-state index >= 15 is 0 Å². The molecule has 0 atom stereocenters. The van der Waals surface area contributed by atoms with Crippen molar-refractivity contribution in [2.75, 3.05) is 12.3 Å². The molecule has 0 aromatic heterocycles.